The molecule has 0 radical (unpaired) electrons. The van der Waals surface area contributed by atoms with Gasteiger partial charge in [0, 0.05) is 37.7 Å². The molecule has 0 saturated carbocycles. The highest BCUT2D eigenvalue weighted by Crippen LogP contribution is 2.29. The van der Waals surface area contributed by atoms with Crippen LogP contribution in [0.5, 0.6) is 0 Å². The van der Waals surface area contributed by atoms with E-state index >= 15 is 0 Å². The molecule has 2 fully saturated rings. The molecule has 3 amide bonds. The van der Waals surface area contributed by atoms with Gasteiger partial charge in [0.2, 0.25) is 11.8 Å². The van der Waals surface area contributed by atoms with E-state index in [4.69, 9.17) is 0 Å². The molecule has 7 heteroatoms. The normalized spacial score (nSPS) is 25.6. The summed E-state index contributed by atoms with van der Waals surface area (Å²) in [5.74, 6) is -0.750. The van der Waals surface area contributed by atoms with Crippen molar-refractivity contribution in [1.29, 1.82) is 0 Å². The molecule has 2 saturated heterocycles. The van der Waals surface area contributed by atoms with Gasteiger partial charge in [0.05, 0.1) is 0 Å². The first-order valence-electron chi connectivity index (χ1n) is 8.83. The minimum Gasteiger partial charge on any atom is -0.322 e. The van der Waals surface area contributed by atoms with E-state index in [1.54, 1.807) is 4.90 Å². The first kappa shape index (κ1) is 16.2. The van der Waals surface area contributed by atoms with Crippen molar-refractivity contribution in [3.05, 3.63) is 34.9 Å². The second kappa shape index (κ2) is 6.57. The maximum absolute atomic E-state index is 12.7. The van der Waals surface area contributed by atoms with Crippen molar-refractivity contribution >= 4 is 17.7 Å². The molecule has 132 valence electrons. The smallest absolute Gasteiger partial charge is 0.255 e. The minimum atomic E-state index is -0.558. The molecular formula is C18H22N4O3. The number of nitrogens with zero attached hydrogens (tertiary/aromatic N) is 1. The third-order valence-corrected chi connectivity index (χ3v) is 5.31. The van der Waals surface area contributed by atoms with E-state index in [0.717, 1.165) is 24.2 Å². The fourth-order valence-electron chi connectivity index (χ4n) is 3.72. The highest BCUT2D eigenvalue weighted by molar-refractivity contribution is 6.05. The van der Waals surface area contributed by atoms with Crippen LogP contribution in [0.3, 0.4) is 0 Å². The average Bonchev–Trinajstić information content (AvgIpc) is 2.88. The van der Waals surface area contributed by atoms with Crippen LogP contribution < -0.4 is 16.0 Å². The zero-order valence-electron chi connectivity index (χ0n) is 14.0. The Hall–Kier alpha value is -2.25. The number of piperidine rings is 1. The minimum absolute atomic E-state index is 0.119. The highest BCUT2D eigenvalue weighted by Gasteiger charge is 2.39. The second-order valence-corrected chi connectivity index (χ2v) is 6.91. The molecule has 3 aliphatic heterocycles. The SMILES string of the molecule is O=C1CCC(N2Cc3c(CNCC4CCN4)cccc3C2=O)C(=O)N1. The van der Waals surface area contributed by atoms with Crippen LogP contribution in [0.2, 0.25) is 0 Å². The third kappa shape index (κ3) is 3.05. The molecule has 2 atom stereocenters. The fourth-order valence-corrected chi connectivity index (χ4v) is 3.72. The lowest BCUT2D eigenvalue weighted by Crippen LogP contribution is -2.52. The van der Waals surface area contributed by atoms with Gasteiger partial charge in [-0.1, -0.05) is 12.1 Å². The Balaban J connectivity index is 1.47. The fraction of sp³-hybridized carbons (Fsp3) is 0.500. The van der Waals surface area contributed by atoms with Gasteiger partial charge in [-0.25, -0.2) is 0 Å². The predicted octanol–water partition coefficient (Wildman–Crippen LogP) is -0.101. The van der Waals surface area contributed by atoms with Crippen molar-refractivity contribution in [2.45, 2.75) is 44.4 Å². The van der Waals surface area contributed by atoms with Gasteiger partial charge in [0.15, 0.2) is 0 Å². The summed E-state index contributed by atoms with van der Waals surface area (Å²) in [6.07, 6.45) is 1.87. The number of carbonyl (C=O) groups is 3. The standard InChI is InChI=1S/C18H22N4O3/c23-16-5-4-15(17(24)21-16)22-10-14-11(2-1-3-13(14)18(22)25)8-19-9-12-6-7-20-12/h1-3,12,15,19-20H,4-10H2,(H,21,23,24). The van der Waals surface area contributed by atoms with Gasteiger partial charge in [-0.15, -0.1) is 0 Å². The second-order valence-electron chi connectivity index (χ2n) is 6.91. The molecule has 0 aromatic heterocycles. The summed E-state index contributed by atoms with van der Waals surface area (Å²) in [5.41, 5.74) is 2.76. The van der Waals surface area contributed by atoms with Crippen molar-refractivity contribution in [2.24, 2.45) is 0 Å². The Labute approximate surface area is 146 Å². The number of fused-ring (bicyclic) bond motifs is 1. The van der Waals surface area contributed by atoms with Gasteiger partial charge in [-0.2, -0.15) is 0 Å². The summed E-state index contributed by atoms with van der Waals surface area (Å²) in [4.78, 5) is 37.8. The van der Waals surface area contributed by atoms with E-state index in [-0.39, 0.29) is 24.1 Å². The van der Waals surface area contributed by atoms with Crippen molar-refractivity contribution in [3.8, 4) is 0 Å². The lowest BCUT2D eigenvalue weighted by Gasteiger charge is -2.29. The van der Waals surface area contributed by atoms with E-state index in [2.05, 4.69) is 16.0 Å². The summed E-state index contributed by atoms with van der Waals surface area (Å²) in [6.45, 7) is 3.13. The van der Waals surface area contributed by atoms with Crippen molar-refractivity contribution < 1.29 is 14.4 Å². The third-order valence-electron chi connectivity index (χ3n) is 5.31. The van der Waals surface area contributed by atoms with Crippen LogP contribution in [-0.2, 0) is 22.7 Å². The maximum atomic E-state index is 12.7. The number of imide groups is 1. The van der Waals surface area contributed by atoms with Crippen LogP contribution in [0.1, 0.15) is 40.7 Å². The summed E-state index contributed by atoms with van der Waals surface area (Å²) in [5, 5.41) is 9.13. The number of benzene rings is 1. The van der Waals surface area contributed by atoms with Gasteiger partial charge in [-0.3, -0.25) is 19.7 Å². The zero-order valence-corrected chi connectivity index (χ0v) is 14.0. The van der Waals surface area contributed by atoms with E-state index in [0.29, 0.717) is 31.1 Å². The molecule has 7 nitrogen and oxygen atoms in total. The van der Waals surface area contributed by atoms with Crippen LogP contribution >= 0.6 is 0 Å². The van der Waals surface area contributed by atoms with Crippen LogP contribution in [-0.4, -0.2) is 47.8 Å². The summed E-state index contributed by atoms with van der Waals surface area (Å²) in [7, 11) is 0. The zero-order chi connectivity index (χ0) is 17.4. The Kier molecular flexibility index (Phi) is 4.27. The van der Waals surface area contributed by atoms with E-state index in [1.165, 1.54) is 6.42 Å². The van der Waals surface area contributed by atoms with Crippen molar-refractivity contribution in [3.63, 3.8) is 0 Å². The molecular weight excluding hydrogens is 320 g/mol. The average molecular weight is 342 g/mol. The van der Waals surface area contributed by atoms with E-state index in [1.807, 2.05) is 18.2 Å². The van der Waals surface area contributed by atoms with E-state index in [9.17, 15) is 14.4 Å². The van der Waals surface area contributed by atoms with Crippen LogP contribution in [0.25, 0.3) is 0 Å². The number of rotatable bonds is 5. The largest absolute Gasteiger partial charge is 0.322 e. The lowest BCUT2D eigenvalue weighted by molar-refractivity contribution is -0.136. The number of amides is 3. The van der Waals surface area contributed by atoms with Gasteiger partial charge in [-0.05, 0) is 36.6 Å². The number of hydrogen-bond donors (Lipinski definition) is 3. The van der Waals surface area contributed by atoms with Gasteiger partial charge < -0.3 is 15.5 Å². The molecule has 2 unspecified atom stereocenters. The number of hydrogen-bond acceptors (Lipinski definition) is 5. The van der Waals surface area contributed by atoms with Crippen molar-refractivity contribution in [1.82, 2.24) is 20.9 Å². The number of carbonyl (C=O) groups excluding carboxylic acids is 3. The monoisotopic (exact) mass is 342 g/mol. The van der Waals surface area contributed by atoms with Crippen molar-refractivity contribution in [2.75, 3.05) is 13.1 Å². The summed E-state index contributed by atoms with van der Waals surface area (Å²) < 4.78 is 0. The molecule has 1 aromatic carbocycles. The van der Waals surface area contributed by atoms with Crippen LogP contribution in [0.4, 0.5) is 0 Å². The maximum Gasteiger partial charge on any atom is 0.255 e. The molecule has 3 N–H and O–H groups in total. The van der Waals surface area contributed by atoms with Gasteiger partial charge >= 0.3 is 0 Å². The molecule has 3 aliphatic rings. The Morgan fingerprint density at radius 1 is 1.20 bits per heavy atom. The molecule has 0 bridgehead atoms. The number of nitrogens with one attached hydrogen (secondary N) is 3. The predicted molar refractivity (Wildman–Crippen MR) is 90.6 cm³/mol. The molecule has 1 aromatic rings. The summed E-state index contributed by atoms with van der Waals surface area (Å²) in [6, 6.07) is 5.72. The van der Waals surface area contributed by atoms with Gasteiger partial charge in [0.1, 0.15) is 6.04 Å². The first-order valence-corrected chi connectivity index (χ1v) is 8.83. The van der Waals surface area contributed by atoms with E-state index < -0.39 is 6.04 Å². The molecule has 0 spiro atoms. The first-order chi connectivity index (χ1) is 12.1. The Bertz CT molecular complexity index is 729. The molecule has 25 heavy (non-hydrogen) atoms. The topological polar surface area (TPSA) is 90.5 Å². The molecule has 4 rings (SSSR count). The molecule has 0 aliphatic carbocycles. The summed E-state index contributed by atoms with van der Waals surface area (Å²) >= 11 is 0. The van der Waals surface area contributed by atoms with Crippen LogP contribution in [0.15, 0.2) is 18.2 Å². The highest BCUT2D eigenvalue weighted by atomic mass is 16.2. The quantitative estimate of drug-likeness (QED) is 0.650. The Morgan fingerprint density at radius 3 is 2.76 bits per heavy atom. The molecule has 3 heterocycles. The van der Waals surface area contributed by atoms with Gasteiger partial charge in [0.25, 0.3) is 5.91 Å². The van der Waals surface area contributed by atoms with Crippen LogP contribution in [0, 0.1) is 0 Å². The Morgan fingerprint density at radius 2 is 2.04 bits per heavy atom. The lowest BCUT2D eigenvalue weighted by atomic mass is 10.0.